The van der Waals surface area contributed by atoms with Crippen LogP contribution in [0.1, 0.15) is 0 Å². The van der Waals surface area contributed by atoms with Crippen LogP contribution >= 0.6 is 15.9 Å². The van der Waals surface area contributed by atoms with Gasteiger partial charge in [0.2, 0.25) is 0 Å². The maximum Gasteiger partial charge on any atom is 0.119 e. The van der Waals surface area contributed by atoms with Gasteiger partial charge in [0.15, 0.2) is 0 Å². The molecule has 1 saturated heterocycles. The molecule has 1 heterocycles. The number of benzene rings is 2. The number of phenolic OH excluding ortho intramolecular Hbond substituents is 1. The van der Waals surface area contributed by atoms with Crippen LogP contribution in [0.25, 0.3) is 0 Å². The number of hydrogen-bond acceptors (Lipinski definition) is 4. The number of halogens is 1. The van der Waals surface area contributed by atoms with Crippen molar-refractivity contribution in [2.75, 3.05) is 44.2 Å². The van der Waals surface area contributed by atoms with Crippen LogP contribution in [-0.2, 0) is 0 Å². The molecule has 5 heteroatoms. The van der Waals surface area contributed by atoms with E-state index in [-0.39, 0.29) is 0 Å². The van der Waals surface area contributed by atoms with Gasteiger partial charge in [0, 0.05) is 42.9 Å². The van der Waals surface area contributed by atoms with E-state index in [0.29, 0.717) is 12.4 Å². The Morgan fingerprint density at radius 3 is 2.22 bits per heavy atom. The molecule has 3 rings (SSSR count). The standard InChI is InChI=1S/C18H21BrN2O2/c19-15-1-7-18(8-2-15)23-14-13-20-9-11-21(12-10-20)16-3-5-17(22)6-4-16/h1-8,22H,9-14H2. The fourth-order valence-electron chi connectivity index (χ4n) is 2.72. The third-order valence-corrected chi connectivity index (χ3v) is 4.61. The van der Waals surface area contributed by atoms with E-state index in [9.17, 15) is 5.11 Å². The number of ether oxygens (including phenoxy) is 1. The van der Waals surface area contributed by atoms with Gasteiger partial charge in [-0.1, -0.05) is 15.9 Å². The molecular formula is C18H21BrN2O2. The summed E-state index contributed by atoms with van der Waals surface area (Å²) in [6, 6.07) is 15.4. The molecule has 0 saturated carbocycles. The van der Waals surface area contributed by atoms with E-state index in [0.717, 1.165) is 42.9 Å². The fourth-order valence-corrected chi connectivity index (χ4v) is 2.98. The Labute approximate surface area is 145 Å². The molecule has 2 aromatic carbocycles. The Morgan fingerprint density at radius 1 is 0.913 bits per heavy atom. The maximum atomic E-state index is 9.36. The lowest BCUT2D eigenvalue weighted by atomic mass is 10.2. The third kappa shape index (κ3) is 4.62. The van der Waals surface area contributed by atoms with Gasteiger partial charge in [0.05, 0.1) is 0 Å². The van der Waals surface area contributed by atoms with Crippen molar-refractivity contribution in [1.82, 2.24) is 4.90 Å². The van der Waals surface area contributed by atoms with Crippen molar-refractivity contribution >= 4 is 21.6 Å². The van der Waals surface area contributed by atoms with E-state index in [2.05, 4.69) is 25.7 Å². The van der Waals surface area contributed by atoms with Crippen molar-refractivity contribution in [3.05, 3.63) is 53.0 Å². The predicted molar refractivity (Wildman–Crippen MR) is 96.4 cm³/mol. The lowest BCUT2D eigenvalue weighted by Crippen LogP contribution is -2.47. The minimum absolute atomic E-state index is 0.317. The van der Waals surface area contributed by atoms with Gasteiger partial charge in [0.1, 0.15) is 18.1 Å². The Hall–Kier alpha value is -1.72. The number of nitrogens with zero attached hydrogens (tertiary/aromatic N) is 2. The molecule has 1 N–H and O–H groups in total. The van der Waals surface area contributed by atoms with E-state index >= 15 is 0 Å². The summed E-state index contributed by atoms with van der Waals surface area (Å²) in [6.45, 7) is 5.72. The number of rotatable bonds is 5. The molecule has 1 aliphatic rings. The van der Waals surface area contributed by atoms with Crippen molar-refractivity contribution < 1.29 is 9.84 Å². The molecule has 0 aliphatic carbocycles. The summed E-state index contributed by atoms with van der Waals surface area (Å²) in [6.07, 6.45) is 0. The average molecular weight is 377 g/mol. The number of anilines is 1. The lowest BCUT2D eigenvalue weighted by Gasteiger charge is -2.36. The van der Waals surface area contributed by atoms with Crippen LogP contribution in [0.4, 0.5) is 5.69 Å². The second-order valence-corrected chi connectivity index (χ2v) is 6.56. The van der Waals surface area contributed by atoms with Gasteiger partial charge in [0.25, 0.3) is 0 Å². The Morgan fingerprint density at radius 2 is 1.57 bits per heavy atom. The zero-order valence-electron chi connectivity index (χ0n) is 13.0. The smallest absolute Gasteiger partial charge is 0.119 e. The van der Waals surface area contributed by atoms with Gasteiger partial charge >= 0.3 is 0 Å². The Kier molecular flexibility index (Phi) is 5.41. The average Bonchev–Trinajstić information content (AvgIpc) is 2.58. The molecule has 0 atom stereocenters. The monoisotopic (exact) mass is 376 g/mol. The van der Waals surface area contributed by atoms with Crippen LogP contribution in [0.3, 0.4) is 0 Å². The molecule has 0 aromatic heterocycles. The van der Waals surface area contributed by atoms with Crippen molar-refractivity contribution in [1.29, 1.82) is 0 Å². The van der Waals surface area contributed by atoms with Crippen molar-refractivity contribution in [3.8, 4) is 11.5 Å². The molecule has 0 bridgehead atoms. The molecule has 0 radical (unpaired) electrons. The molecular weight excluding hydrogens is 356 g/mol. The lowest BCUT2D eigenvalue weighted by molar-refractivity contribution is 0.200. The first-order valence-corrected chi connectivity index (χ1v) is 8.65. The van der Waals surface area contributed by atoms with E-state index in [1.54, 1.807) is 12.1 Å². The minimum atomic E-state index is 0.317. The zero-order valence-corrected chi connectivity index (χ0v) is 14.6. The molecule has 122 valence electrons. The maximum absolute atomic E-state index is 9.36. The molecule has 23 heavy (non-hydrogen) atoms. The van der Waals surface area contributed by atoms with Crippen molar-refractivity contribution in [2.24, 2.45) is 0 Å². The summed E-state index contributed by atoms with van der Waals surface area (Å²) < 4.78 is 6.85. The Balaban J connectivity index is 1.40. The number of hydrogen-bond donors (Lipinski definition) is 1. The molecule has 1 aliphatic heterocycles. The highest BCUT2D eigenvalue weighted by atomic mass is 79.9. The normalized spacial score (nSPS) is 15.6. The second-order valence-electron chi connectivity index (χ2n) is 5.65. The van der Waals surface area contributed by atoms with E-state index in [1.165, 1.54) is 5.69 Å². The van der Waals surface area contributed by atoms with Crippen LogP contribution in [0.5, 0.6) is 11.5 Å². The molecule has 0 unspecified atom stereocenters. The number of aromatic hydroxyl groups is 1. The molecule has 4 nitrogen and oxygen atoms in total. The van der Waals surface area contributed by atoms with Crippen LogP contribution in [0, 0.1) is 0 Å². The SMILES string of the molecule is Oc1ccc(N2CCN(CCOc3ccc(Br)cc3)CC2)cc1. The van der Waals surface area contributed by atoms with Crippen molar-refractivity contribution in [2.45, 2.75) is 0 Å². The fraction of sp³-hybridized carbons (Fsp3) is 0.333. The van der Waals surface area contributed by atoms with Gasteiger partial charge in [-0.2, -0.15) is 0 Å². The van der Waals surface area contributed by atoms with Crippen LogP contribution in [0.2, 0.25) is 0 Å². The first-order chi connectivity index (χ1) is 11.2. The van der Waals surface area contributed by atoms with Gasteiger partial charge < -0.3 is 14.7 Å². The number of piperazine rings is 1. The highest BCUT2D eigenvalue weighted by Gasteiger charge is 2.16. The molecule has 2 aromatic rings. The third-order valence-electron chi connectivity index (χ3n) is 4.08. The summed E-state index contributed by atoms with van der Waals surface area (Å²) in [5.41, 5.74) is 1.17. The van der Waals surface area contributed by atoms with Gasteiger partial charge in [-0.15, -0.1) is 0 Å². The highest BCUT2D eigenvalue weighted by molar-refractivity contribution is 9.10. The van der Waals surface area contributed by atoms with Gasteiger partial charge in [-0.25, -0.2) is 0 Å². The summed E-state index contributed by atoms with van der Waals surface area (Å²) in [5.74, 6) is 1.23. The topological polar surface area (TPSA) is 35.9 Å². The molecule has 0 amide bonds. The minimum Gasteiger partial charge on any atom is -0.508 e. The molecule has 1 fully saturated rings. The first-order valence-electron chi connectivity index (χ1n) is 7.85. The van der Waals surface area contributed by atoms with Crippen LogP contribution in [-0.4, -0.2) is 49.3 Å². The quantitative estimate of drug-likeness (QED) is 0.867. The van der Waals surface area contributed by atoms with Crippen LogP contribution in [0.15, 0.2) is 53.0 Å². The first kappa shape index (κ1) is 16.1. The van der Waals surface area contributed by atoms with Crippen molar-refractivity contribution in [3.63, 3.8) is 0 Å². The molecule has 0 spiro atoms. The summed E-state index contributed by atoms with van der Waals surface area (Å²) in [7, 11) is 0. The van der Waals surface area contributed by atoms with Crippen LogP contribution < -0.4 is 9.64 Å². The summed E-state index contributed by atoms with van der Waals surface area (Å²) >= 11 is 3.42. The zero-order chi connectivity index (χ0) is 16.1. The predicted octanol–water partition coefficient (Wildman–Crippen LogP) is 3.36. The Bertz CT molecular complexity index is 605. The number of phenols is 1. The van der Waals surface area contributed by atoms with Gasteiger partial charge in [-0.05, 0) is 48.5 Å². The summed E-state index contributed by atoms with van der Waals surface area (Å²) in [4.78, 5) is 4.78. The largest absolute Gasteiger partial charge is 0.508 e. The van der Waals surface area contributed by atoms with E-state index in [1.807, 2.05) is 36.4 Å². The van der Waals surface area contributed by atoms with E-state index in [4.69, 9.17) is 4.74 Å². The van der Waals surface area contributed by atoms with Gasteiger partial charge in [-0.3, -0.25) is 4.90 Å². The van der Waals surface area contributed by atoms with E-state index < -0.39 is 0 Å². The summed E-state index contributed by atoms with van der Waals surface area (Å²) in [5, 5.41) is 9.36. The highest BCUT2D eigenvalue weighted by Crippen LogP contribution is 2.20. The second kappa shape index (κ2) is 7.70.